The summed E-state index contributed by atoms with van der Waals surface area (Å²) in [7, 11) is 0. The first-order chi connectivity index (χ1) is 11.6. The van der Waals surface area contributed by atoms with E-state index in [9.17, 15) is 9.90 Å². The molecule has 0 atom stereocenters. The number of hydrogen-bond acceptors (Lipinski definition) is 3. The molecule has 0 bridgehead atoms. The minimum absolute atomic E-state index is 0.0574. The molecular weight excluding hydrogens is 306 g/mol. The van der Waals surface area contributed by atoms with Gasteiger partial charge in [0, 0.05) is 17.8 Å². The average molecular weight is 323 g/mol. The first-order valence-corrected chi connectivity index (χ1v) is 8.28. The van der Waals surface area contributed by atoms with Crippen LogP contribution in [0.3, 0.4) is 0 Å². The van der Waals surface area contributed by atoms with Crippen LogP contribution in [0.25, 0.3) is 6.08 Å². The molecule has 2 N–H and O–H groups in total. The molecular formula is C19H17NO4. The van der Waals surface area contributed by atoms with Gasteiger partial charge in [0.2, 0.25) is 0 Å². The summed E-state index contributed by atoms with van der Waals surface area (Å²) in [5, 5.41) is 9.24. The van der Waals surface area contributed by atoms with Crippen LogP contribution in [0.2, 0.25) is 0 Å². The Balaban J connectivity index is 1.50. The van der Waals surface area contributed by atoms with Gasteiger partial charge in [-0.25, -0.2) is 0 Å². The quantitative estimate of drug-likeness (QED) is 0.694. The third kappa shape index (κ3) is 1.84. The number of benzene rings is 1. The molecule has 2 aromatic rings. The van der Waals surface area contributed by atoms with E-state index in [1.54, 1.807) is 12.4 Å². The highest BCUT2D eigenvalue weighted by Crippen LogP contribution is 2.53. The number of allylic oxidation sites excluding steroid dienone is 1. The number of aliphatic carboxylic acids is 1. The molecule has 5 nitrogen and oxygen atoms in total. The third-order valence-corrected chi connectivity index (χ3v) is 5.57. The van der Waals surface area contributed by atoms with Crippen LogP contribution < -0.4 is 9.47 Å². The van der Waals surface area contributed by atoms with Crippen molar-refractivity contribution < 1.29 is 19.4 Å². The predicted molar refractivity (Wildman–Crippen MR) is 87.7 cm³/mol. The van der Waals surface area contributed by atoms with Gasteiger partial charge in [-0.15, -0.1) is 0 Å². The highest BCUT2D eigenvalue weighted by molar-refractivity contribution is 5.73. The number of aromatic amines is 1. The summed E-state index contributed by atoms with van der Waals surface area (Å²) in [5.41, 5.74) is 2.32. The minimum Gasteiger partial charge on any atom is -0.481 e. The molecule has 0 saturated heterocycles. The number of fused-ring (bicyclic) bond motifs is 4. The van der Waals surface area contributed by atoms with Gasteiger partial charge >= 0.3 is 5.97 Å². The summed E-state index contributed by atoms with van der Waals surface area (Å²) in [5.74, 6) is 1.95. The van der Waals surface area contributed by atoms with Gasteiger partial charge in [-0.1, -0.05) is 12.2 Å². The fourth-order valence-electron chi connectivity index (χ4n) is 4.19. The molecule has 1 saturated carbocycles. The van der Waals surface area contributed by atoms with E-state index in [0.717, 1.165) is 42.7 Å². The maximum atomic E-state index is 11.2. The van der Waals surface area contributed by atoms with E-state index >= 15 is 0 Å². The second-order valence-electron chi connectivity index (χ2n) is 6.88. The van der Waals surface area contributed by atoms with Crippen molar-refractivity contribution in [2.75, 3.05) is 0 Å². The highest BCUT2D eigenvalue weighted by atomic mass is 16.6. The van der Waals surface area contributed by atoms with Gasteiger partial charge in [-0.05, 0) is 48.9 Å². The average Bonchev–Trinajstić information content (AvgIpc) is 3.17. The zero-order valence-electron chi connectivity index (χ0n) is 13.0. The highest BCUT2D eigenvalue weighted by Gasteiger charge is 2.41. The van der Waals surface area contributed by atoms with Gasteiger partial charge in [-0.3, -0.25) is 4.79 Å². The van der Waals surface area contributed by atoms with Crippen molar-refractivity contribution in [1.82, 2.24) is 4.98 Å². The molecule has 2 heterocycles. The van der Waals surface area contributed by atoms with E-state index in [2.05, 4.69) is 23.2 Å². The van der Waals surface area contributed by atoms with Crippen LogP contribution in [0.5, 0.6) is 23.0 Å². The largest absolute Gasteiger partial charge is 0.481 e. The normalized spacial score (nSPS) is 26.2. The van der Waals surface area contributed by atoms with Crippen LogP contribution in [0.4, 0.5) is 0 Å². The first kappa shape index (κ1) is 13.7. The zero-order chi connectivity index (χ0) is 16.3. The van der Waals surface area contributed by atoms with Gasteiger partial charge < -0.3 is 19.6 Å². The van der Waals surface area contributed by atoms with Crippen LogP contribution in [-0.4, -0.2) is 16.1 Å². The molecule has 0 unspecified atom stereocenters. The molecule has 2 aliphatic carbocycles. The number of carboxylic acids is 1. The monoisotopic (exact) mass is 323 g/mol. The molecule has 3 aliphatic rings. The fourth-order valence-corrected chi connectivity index (χ4v) is 4.19. The summed E-state index contributed by atoms with van der Waals surface area (Å²) in [6, 6.07) is 4.09. The lowest BCUT2D eigenvalue weighted by Crippen LogP contribution is -2.31. The number of rotatable bonds is 1. The van der Waals surface area contributed by atoms with E-state index in [1.165, 1.54) is 5.56 Å². The Kier molecular flexibility index (Phi) is 2.66. The number of aromatic nitrogens is 1. The minimum atomic E-state index is -0.672. The topological polar surface area (TPSA) is 71.5 Å². The number of nitrogens with one attached hydrogen (secondary N) is 1. The summed E-state index contributed by atoms with van der Waals surface area (Å²) in [4.78, 5) is 14.2. The number of carbonyl (C=O) groups is 1. The standard InChI is InChI=1S/C19H17NO4/c21-18(22)11-1-4-19(5-2-11)6-3-12-7-14-15(8-13(12)19)24-17-10-20-9-16(17)23-14/h3,6-11,20H,1-2,4-5H2,(H,21,22). The van der Waals surface area contributed by atoms with E-state index in [4.69, 9.17) is 9.47 Å². The molecule has 1 fully saturated rings. The van der Waals surface area contributed by atoms with Crippen LogP contribution >= 0.6 is 0 Å². The summed E-state index contributed by atoms with van der Waals surface area (Å²) in [6.07, 6.45) is 11.1. The second-order valence-corrected chi connectivity index (χ2v) is 6.88. The Bertz CT molecular complexity index is 871. The summed E-state index contributed by atoms with van der Waals surface area (Å²) in [6.45, 7) is 0. The molecule has 24 heavy (non-hydrogen) atoms. The lowest BCUT2D eigenvalue weighted by Gasteiger charge is -2.36. The molecule has 5 heteroatoms. The van der Waals surface area contributed by atoms with E-state index < -0.39 is 5.97 Å². The van der Waals surface area contributed by atoms with E-state index in [-0.39, 0.29) is 11.3 Å². The van der Waals surface area contributed by atoms with Crippen molar-refractivity contribution in [1.29, 1.82) is 0 Å². The SMILES string of the molecule is O=C(O)C1CCC2(C=Cc3cc4c(cc32)Oc2c[nH]cc2O4)CC1. The first-order valence-electron chi connectivity index (χ1n) is 8.28. The molecule has 122 valence electrons. The Labute approximate surface area is 138 Å². The molecule has 1 spiro atoms. The van der Waals surface area contributed by atoms with Gasteiger partial charge in [0.25, 0.3) is 0 Å². The Hall–Kier alpha value is -2.69. The van der Waals surface area contributed by atoms with Gasteiger partial charge in [0.15, 0.2) is 23.0 Å². The smallest absolute Gasteiger partial charge is 0.306 e. The number of ether oxygens (including phenoxy) is 2. The molecule has 1 aliphatic heterocycles. The predicted octanol–water partition coefficient (Wildman–Crippen LogP) is 4.45. The van der Waals surface area contributed by atoms with E-state index in [1.807, 2.05) is 6.07 Å². The molecule has 0 amide bonds. The number of carboxylic acid groups (broad SMARTS) is 1. The zero-order valence-corrected chi connectivity index (χ0v) is 13.0. The second kappa shape index (κ2) is 4.66. The molecule has 0 radical (unpaired) electrons. The number of H-pyrrole nitrogens is 1. The van der Waals surface area contributed by atoms with Crippen molar-refractivity contribution in [2.45, 2.75) is 31.1 Å². The molecule has 5 rings (SSSR count). The Morgan fingerprint density at radius 1 is 1.08 bits per heavy atom. The fraction of sp³-hybridized carbons (Fsp3) is 0.316. The summed E-state index contributed by atoms with van der Waals surface area (Å²) >= 11 is 0. The van der Waals surface area contributed by atoms with Crippen LogP contribution in [0.1, 0.15) is 36.8 Å². The van der Waals surface area contributed by atoms with Crippen molar-refractivity contribution in [3.05, 3.63) is 41.7 Å². The van der Waals surface area contributed by atoms with Crippen molar-refractivity contribution >= 4 is 12.0 Å². The lowest BCUT2D eigenvalue weighted by atomic mass is 9.68. The van der Waals surface area contributed by atoms with Crippen molar-refractivity contribution in [3.63, 3.8) is 0 Å². The third-order valence-electron chi connectivity index (χ3n) is 5.57. The maximum Gasteiger partial charge on any atom is 0.306 e. The number of hydrogen-bond donors (Lipinski definition) is 2. The van der Waals surface area contributed by atoms with Crippen LogP contribution in [0, 0.1) is 5.92 Å². The van der Waals surface area contributed by atoms with Crippen molar-refractivity contribution in [2.24, 2.45) is 5.92 Å². The molecule has 1 aromatic carbocycles. The summed E-state index contributed by atoms with van der Waals surface area (Å²) < 4.78 is 11.9. The molecule has 1 aromatic heterocycles. The van der Waals surface area contributed by atoms with Crippen molar-refractivity contribution in [3.8, 4) is 23.0 Å². The lowest BCUT2D eigenvalue weighted by molar-refractivity contribution is -0.143. The van der Waals surface area contributed by atoms with Crippen LogP contribution in [-0.2, 0) is 10.2 Å². The Morgan fingerprint density at radius 2 is 1.75 bits per heavy atom. The maximum absolute atomic E-state index is 11.2. The van der Waals surface area contributed by atoms with Gasteiger partial charge in [-0.2, -0.15) is 0 Å². The van der Waals surface area contributed by atoms with Crippen LogP contribution in [0.15, 0.2) is 30.6 Å². The Morgan fingerprint density at radius 3 is 2.42 bits per heavy atom. The van der Waals surface area contributed by atoms with Gasteiger partial charge in [0.1, 0.15) is 0 Å². The van der Waals surface area contributed by atoms with Gasteiger partial charge in [0.05, 0.1) is 5.92 Å². The van der Waals surface area contributed by atoms with E-state index in [0.29, 0.717) is 11.5 Å².